The standard InChI is InChI=1S/C12H13BrN4O2S/c1-7-15-9(13)4-10(16-7)17-11-14-5-8(20-11)12(2,3)19-6-18/h4-6H,1-3H3,(H,14,15,16,17). The molecule has 0 unspecified atom stereocenters. The largest absolute Gasteiger partial charge is 0.456 e. The van der Waals surface area contributed by atoms with Crippen LogP contribution in [0.5, 0.6) is 0 Å². The minimum absolute atomic E-state index is 0.442. The molecule has 2 heterocycles. The highest BCUT2D eigenvalue weighted by Crippen LogP contribution is 2.32. The van der Waals surface area contributed by atoms with Gasteiger partial charge in [0.2, 0.25) is 0 Å². The van der Waals surface area contributed by atoms with Crippen LogP contribution in [0.4, 0.5) is 10.9 Å². The van der Waals surface area contributed by atoms with Gasteiger partial charge in [0.1, 0.15) is 21.8 Å². The second-order valence-electron chi connectivity index (χ2n) is 4.50. The SMILES string of the molecule is Cc1nc(Br)cc(Nc2ncc(C(C)(C)OC=O)s2)n1. The smallest absolute Gasteiger partial charge is 0.293 e. The van der Waals surface area contributed by atoms with Gasteiger partial charge >= 0.3 is 0 Å². The first kappa shape index (κ1) is 14.9. The van der Waals surface area contributed by atoms with Crippen molar-refractivity contribution in [3.05, 3.63) is 27.6 Å². The Kier molecular flexibility index (Phi) is 4.34. The molecule has 0 aliphatic heterocycles. The molecule has 1 N–H and O–H groups in total. The van der Waals surface area contributed by atoms with Gasteiger partial charge in [-0.05, 0) is 36.7 Å². The molecule has 0 saturated heterocycles. The molecule has 0 atom stereocenters. The molecule has 6 nitrogen and oxygen atoms in total. The number of hydrogen-bond donors (Lipinski definition) is 1. The summed E-state index contributed by atoms with van der Waals surface area (Å²) in [6, 6.07) is 1.77. The minimum atomic E-state index is -0.693. The molecule has 0 aliphatic carbocycles. The third-order valence-electron chi connectivity index (χ3n) is 2.48. The summed E-state index contributed by atoms with van der Waals surface area (Å²) in [5, 5.41) is 3.78. The molecule has 0 bridgehead atoms. The van der Waals surface area contributed by atoms with Crippen LogP contribution in [0.15, 0.2) is 16.9 Å². The lowest BCUT2D eigenvalue weighted by Crippen LogP contribution is -2.19. The molecular formula is C12H13BrN4O2S. The number of anilines is 2. The lowest BCUT2D eigenvalue weighted by atomic mass is 10.1. The lowest BCUT2D eigenvalue weighted by molar-refractivity contribution is -0.140. The molecule has 2 rings (SSSR count). The van der Waals surface area contributed by atoms with E-state index in [1.807, 2.05) is 20.8 Å². The molecule has 0 fully saturated rings. The lowest BCUT2D eigenvalue weighted by Gasteiger charge is -2.19. The van der Waals surface area contributed by atoms with E-state index in [9.17, 15) is 4.79 Å². The maximum atomic E-state index is 10.5. The van der Waals surface area contributed by atoms with Crippen molar-refractivity contribution < 1.29 is 9.53 Å². The zero-order valence-electron chi connectivity index (χ0n) is 11.2. The predicted octanol–water partition coefficient (Wildman–Crippen LogP) is 3.16. The van der Waals surface area contributed by atoms with Gasteiger partial charge in [-0.15, -0.1) is 0 Å². The molecule has 2 aromatic rings. The quantitative estimate of drug-likeness (QED) is 0.654. The Balaban J connectivity index is 2.19. The highest BCUT2D eigenvalue weighted by atomic mass is 79.9. The van der Waals surface area contributed by atoms with Crippen molar-refractivity contribution in [2.24, 2.45) is 0 Å². The molecule has 0 spiro atoms. The average molecular weight is 357 g/mol. The Hall–Kier alpha value is -1.54. The number of carbonyl (C=O) groups excluding carboxylic acids is 1. The molecule has 106 valence electrons. The fourth-order valence-corrected chi connectivity index (χ4v) is 2.84. The molecule has 2 aromatic heterocycles. The molecule has 0 aliphatic rings. The minimum Gasteiger partial charge on any atom is -0.456 e. The summed E-state index contributed by atoms with van der Waals surface area (Å²) >= 11 is 4.72. The molecule has 0 aromatic carbocycles. The monoisotopic (exact) mass is 356 g/mol. The summed E-state index contributed by atoms with van der Waals surface area (Å²) in [5.41, 5.74) is -0.693. The summed E-state index contributed by atoms with van der Waals surface area (Å²) in [5.74, 6) is 1.31. The fraction of sp³-hybridized carbons (Fsp3) is 0.333. The van der Waals surface area contributed by atoms with Crippen molar-refractivity contribution in [1.82, 2.24) is 15.0 Å². The number of thiazole rings is 1. The van der Waals surface area contributed by atoms with Crippen molar-refractivity contribution >= 4 is 44.7 Å². The van der Waals surface area contributed by atoms with E-state index >= 15 is 0 Å². The number of hydrogen-bond acceptors (Lipinski definition) is 7. The van der Waals surface area contributed by atoms with Gasteiger partial charge in [-0.3, -0.25) is 4.79 Å². The first-order chi connectivity index (χ1) is 9.40. The Morgan fingerprint density at radius 2 is 2.20 bits per heavy atom. The van der Waals surface area contributed by atoms with Crippen LogP contribution in [0.3, 0.4) is 0 Å². The highest BCUT2D eigenvalue weighted by molar-refractivity contribution is 9.10. The number of nitrogens with zero attached hydrogens (tertiary/aromatic N) is 3. The van der Waals surface area contributed by atoms with Crippen molar-refractivity contribution in [2.45, 2.75) is 26.4 Å². The summed E-state index contributed by atoms with van der Waals surface area (Å²) in [4.78, 5) is 24.0. The Morgan fingerprint density at radius 3 is 2.85 bits per heavy atom. The van der Waals surface area contributed by atoms with E-state index in [-0.39, 0.29) is 0 Å². The highest BCUT2D eigenvalue weighted by Gasteiger charge is 2.24. The Labute approximate surface area is 128 Å². The van der Waals surface area contributed by atoms with Crippen LogP contribution in [0.2, 0.25) is 0 Å². The molecule has 0 radical (unpaired) electrons. The molecule has 0 saturated carbocycles. The summed E-state index contributed by atoms with van der Waals surface area (Å²) in [6.07, 6.45) is 1.68. The van der Waals surface area contributed by atoms with Crippen LogP contribution in [-0.4, -0.2) is 21.4 Å². The predicted molar refractivity (Wildman–Crippen MR) is 80.0 cm³/mol. The number of halogens is 1. The second-order valence-corrected chi connectivity index (χ2v) is 6.35. The topological polar surface area (TPSA) is 77.0 Å². The number of rotatable bonds is 5. The summed E-state index contributed by atoms with van der Waals surface area (Å²) < 4.78 is 5.75. The van der Waals surface area contributed by atoms with Gasteiger partial charge in [0.25, 0.3) is 6.47 Å². The van der Waals surface area contributed by atoms with Gasteiger partial charge in [0.15, 0.2) is 5.13 Å². The van der Waals surface area contributed by atoms with Crippen LogP contribution in [-0.2, 0) is 15.1 Å². The van der Waals surface area contributed by atoms with Gasteiger partial charge in [-0.25, -0.2) is 15.0 Å². The number of carbonyl (C=O) groups is 1. The van der Waals surface area contributed by atoms with Crippen molar-refractivity contribution in [3.63, 3.8) is 0 Å². The van der Waals surface area contributed by atoms with E-state index < -0.39 is 5.60 Å². The van der Waals surface area contributed by atoms with Crippen LogP contribution >= 0.6 is 27.3 Å². The zero-order chi connectivity index (χ0) is 14.8. The van der Waals surface area contributed by atoms with Gasteiger partial charge in [0, 0.05) is 12.3 Å². The first-order valence-corrected chi connectivity index (χ1v) is 7.37. The fourth-order valence-electron chi connectivity index (χ4n) is 1.49. The van der Waals surface area contributed by atoms with Gasteiger partial charge in [-0.1, -0.05) is 11.3 Å². The number of nitrogens with one attached hydrogen (secondary N) is 1. The zero-order valence-corrected chi connectivity index (χ0v) is 13.6. The second kappa shape index (κ2) is 5.84. The van der Waals surface area contributed by atoms with E-state index in [1.165, 1.54) is 11.3 Å². The van der Waals surface area contributed by atoms with E-state index in [4.69, 9.17) is 4.74 Å². The Bertz CT molecular complexity index is 609. The summed E-state index contributed by atoms with van der Waals surface area (Å²) in [7, 11) is 0. The maximum absolute atomic E-state index is 10.5. The van der Waals surface area contributed by atoms with Crippen molar-refractivity contribution in [1.29, 1.82) is 0 Å². The van der Waals surface area contributed by atoms with Crippen LogP contribution in [0, 0.1) is 6.92 Å². The van der Waals surface area contributed by atoms with E-state index in [0.29, 0.717) is 27.8 Å². The molecule has 20 heavy (non-hydrogen) atoms. The van der Waals surface area contributed by atoms with Gasteiger partial charge in [0.05, 0.1) is 4.88 Å². The van der Waals surface area contributed by atoms with Gasteiger partial charge in [-0.2, -0.15) is 0 Å². The average Bonchev–Trinajstić information content (AvgIpc) is 2.76. The number of aromatic nitrogens is 3. The van der Waals surface area contributed by atoms with E-state index in [1.54, 1.807) is 12.3 Å². The normalized spacial score (nSPS) is 11.2. The van der Waals surface area contributed by atoms with E-state index in [0.717, 1.165) is 4.88 Å². The van der Waals surface area contributed by atoms with Crippen LogP contribution in [0.1, 0.15) is 24.5 Å². The molecular weight excluding hydrogens is 344 g/mol. The Morgan fingerprint density at radius 1 is 1.45 bits per heavy atom. The third-order valence-corrected chi connectivity index (χ3v) is 4.11. The molecule has 0 amide bonds. The van der Waals surface area contributed by atoms with Crippen LogP contribution in [0.25, 0.3) is 0 Å². The van der Waals surface area contributed by atoms with Crippen LogP contribution < -0.4 is 5.32 Å². The maximum Gasteiger partial charge on any atom is 0.293 e. The van der Waals surface area contributed by atoms with Crippen molar-refractivity contribution in [3.8, 4) is 0 Å². The number of aryl methyl sites for hydroxylation is 1. The van der Waals surface area contributed by atoms with E-state index in [2.05, 4.69) is 36.2 Å². The van der Waals surface area contributed by atoms with Crippen molar-refractivity contribution in [2.75, 3.05) is 5.32 Å². The first-order valence-electron chi connectivity index (χ1n) is 5.77. The third kappa shape index (κ3) is 3.51. The van der Waals surface area contributed by atoms with Gasteiger partial charge < -0.3 is 10.1 Å². The molecule has 8 heteroatoms. The summed E-state index contributed by atoms with van der Waals surface area (Å²) in [6.45, 7) is 5.87. The number of ether oxygens (including phenoxy) is 1.